The highest BCUT2D eigenvalue weighted by atomic mass is 79.9. The molecule has 3 rings (SSSR count). The summed E-state index contributed by atoms with van der Waals surface area (Å²) < 4.78 is 1.03. The molecule has 0 saturated heterocycles. The van der Waals surface area contributed by atoms with Crippen LogP contribution in [0, 0.1) is 6.92 Å². The van der Waals surface area contributed by atoms with Crippen molar-refractivity contribution in [1.29, 1.82) is 0 Å². The fourth-order valence-corrected chi connectivity index (χ4v) is 5.07. The summed E-state index contributed by atoms with van der Waals surface area (Å²) in [6, 6.07) is 25.6. The Bertz CT molecular complexity index is 1140. The zero-order valence-corrected chi connectivity index (χ0v) is 23.9. The fraction of sp³-hybridized carbons (Fsp3) is 0.333. The van der Waals surface area contributed by atoms with Gasteiger partial charge in [0.1, 0.15) is 6.04 Å². The second kappa shape index (κ2) is 13.1. The summed E-state index contributed by atoms with van der Waals surface area (Å²) in [7, 11) is 0. The molecule has 6 heteroatoms. The van der Waals surface area contributed by atoms with Gasteiger partial charge < -0.3 is 10.2 Å². The summed E-state index contributed by atoms with van der Waals surface area (Å²) in [4.78, 5) is 29.0. The minimum absolute atomic E-state index is 0.0383. The molecule has 2 amide bonds. The van der Waals surface area contributed by atoms with E-state index in [0.717, 1.165) is 32.5 Å². The maximum absolute atomic E-state index is 13.7. The van der Waals surface area contributed by atoms with Crippen LogP contribution < -0.4 is 5.32 Å². The SMILES string of the molecule is Cc1cccc(CN(C(=O)CSCc2ccc(Br)cc2)[C@H](Cc2ccccc2)C(=O)NC(C)(C)C)c1. The van der Waals surface area contributed by atoms with Gasteiger partial charge in [0.2, 0.25) is 11.8 Å². The van der Waals surface area contributed by atoms with E-state index >= 15 is 0 Å². The highest BCUT2D eigenvalue weighted by molar-refractivity contribution is 9.10. The molecule has 0 unspecified atom stereocenters. The topological polar surface area (TPSA) is 49.4 Å². The molecular formula is C30H35BrN2O2S. The summed E-state index contributed by atoms with van der Waals surface area (Å²) in [5, 5.41) is 3.12. The van der Waals surface area contributed by atoms with Crippen molar-refractivity contribution in [3.63, 3.8) is 0 Å². The van der Waals surface area contributed by atoms with Gasteiger partial charge in [-0.25, -0.2) is 0 Å². The van der Waals surface area contributed by atoms with E-state index in [0.29, 0.717) is 18.7 Å². The number of thioether (sulfide) groups is 1. The lowest BCUT2D eigenvalue weighted by atomic mass is 10.0. The van der Waals surface area contributed by atoms with Crippen LogP contribution in [0.4, 0.5) is 0 Å². The number of amides is 2. The normalized spacial score (nSPS) is 12.1. The molecule has 190 valence electrons. The molecule has 0 saturated carbocycles. The fourth-order valence-electron chi connectivity index (χ4n) is 3.93. The van der Waals surface area contributed by atoms with Crippen molar-refractivity contribution >= 4 is 39.5 Å². The van der Waals surface area contributed by atoms with E-state index in [4.69, 9.17) is 0 Å². The van der Waals surface area contributed by atoms with Gasteiger partial charge in [0, 0.05) is 28.7 Å². The number of nitrogens with zero attached hydrogens (tertiary/aromatic N) is 1. The second-order valence-electron chi connectivity index (χ2n) is 10.1. The predicted molar refractivity (Wildman–Crippen MR) is 154 cm³/mol. The molecule has 0 bridgehead atoms. The lowest BCUT2D eigenvalue weighted by Gasteiger charge is -2.34. The van der Waals surface area contributed by atoms with E-state index in [2.05, 4.69) is 39.4 Å². The average molecular weight is 568 g/mol. The van der Waals surface area contributed by atoms with Gasteiger partial charge in [0.05, 0.1) is 5.75 Å². The van der Waals surface area contributed by atoms with Crippen molar-refractivity contribution < 1.29 is 9.59 Å². The van der Waals surface area contributed by atoms with Crippen LogP contribution in [-0.2, 0) is 28.3 Å². The van der Waals surface area contributed by atoms with Crippen molar-refractivity contribution in [2.45, 2.75) is 58.0 Å². The van der Waals surface area contributed by atoms with Crippen molar-refractivity contribution in [1.82, 2.24) is 10.2 Å². The molecule has 0 heterocycles. The monoisotopic (exact) mass is 566 g/mol. The number of benzene rings is 3. The zero-order valence-electron chi connectivity index (χ0n) is 21.5. The molecule has 0 aliphatic heterocycles. The first kappa shape index (κ1) is 28.0. The van der Waals surface area contributed by atoms with Crippen LogP contribution in [0.2, 0.25) is 0 Å². The molecule has 0 spiro atoms. The summed E-state index contributed by atoms with van der Waals surface area (Å²) >= 11 is 5.04. The van der Waals surface area contributed by atoms with E-state index < -0.39 is 11.6 Å². The number of halogens is 1. The molecule has 36 heavy (non-hydrogen) atoms. The minimum Gasteiger partial charge on any atom is -0.350 e. The Morgan fingerprint density at radius 2 is 1.58 bits per heavy atom. The van der Waals surface area contributed by atoms with Crippen molar-refractivity contribution in [2.75, 3.05) is 5.75 Å². The molecule has 0 aliphatic carbocycles. The third-order valence-electron chi connectivity index (χ3n) is 5.61. The molecule has 3 aromatic rings. The lowest BCUT2D eigenvalue weighted by Crippen LogP contribution is -2.54. The van der Waals surface area contributed by atoms with Gasteiger partial charge in [-0.3, -0.25) is 9.59 Å². The van der Waals surface area contributed by atoms with Gasteiger partial charge in [0.15, 0.2) is 0 Å². The first-order valence-corrected chi connectivity index (χ1v) is 14.1. The van der Waals surface area contributed by atoms with E-state index in [1.54, 1.807) is 16.7 Å². The van der Waals surface area contributed by atoms with Crippen LogP contribution in [0.5, 0.6) is 0 Å². The zero-order chi connectivity index (χ0) is 26.1. The summed E-state index contributed by atoms with van der Waals surface area (Å²) in [5.41, 5.74) is 3.93. The van der Waals surface area contributed by atoms with Crippen molar-refractivity contribution in [2.24, 2.45) is 0 Å². The first-order valence-electron chi connectivity index (χ1n) is 12.1. The Morgan fingerprint density at radius 3 is 2.22 bits per heavy atom. The Balaban J connectivity index is 1.86. The molecule has 3 aromatic carbocycles. The van der Waals surface area contributed by atoms with Crippen LogP contribution in [0.1, 0.15) is 43.0 Å². The number of carbonyl (C=O) groups is 2. The van der Waals surface area contributed by atoms with E-state index in [1.807, 2.05) is 88.4 Å². The number of hydrogen-bond donors (Lipinski definition) is 1. The van der Waals surface area contributed by atoms with Crippen molar-refractivity contribution in [3.05, 3.63) is 106 Å². The molecule has 0 aromatic heterocycles. The first-order chi connectivity index (χ1) is 17.1. The van der Waals surface area contributed by atoms with Gasteiger partial charge in [0.25, 0.3) is 0 Å². The molecule has 0 aliphatic rings. The number of aryl methyl sites for hydroxylation is 1. The third-order valence-corrected chi connectivity index (χ3v) is 7.13. The van der Waals surface area contributed by atoms with Gasteiger partial charge in [-0.2, -0.15) is 0 Å². The standard InChI is InChI=1S/C30H35BrN2O2S/c1-22-9-8-12-25(17-22)19-33(28(34)21-36-20-24-13-15-26(31)16-14-24)27(29(35)32-30(2,3)4)18-23-10-6-5-7-11-23/h5-17,27H,18-21H2,1-4H3,(H,32,35)/t27-/m1/s1. The minimum atomic E-state index is -0.618. The summed E-state index contributed by atoms with van der Waals surface area (Å²) in [5.74, 6) is 0.860. The second-order valence-corrected chi connectivity index (χ2v) is 12.0. The largest absolute Gasteiger partial charge is 0.350 e. The molecule has 1 atom stereocenters. The van der Waals surface area contributed by atoms with Gasteiger partial charge in [-0.15, -0.1) is 11.8 Å². The maximum Gasteiger partial charge on any atom is 0.243 e. The Kier molecular flexibility index (Phi) is 10.2. The molecule has 1 N–H and O–H groups in total. The number of carbonyl (C=O) groups excluding carboxylic acids is 2. The van der Waals surface area contributed by atoms with Crippen LogP contribution in [0.3, 0.4) is 0 Å². The Morgan fingerprint density at radius 1 is 0.917 bits per heavy atom. The molecule has 0 radical (unpaired) electrons. The maximum atomic E-state index is 13.7. The molecule has 4 nitrogen and oxygen atoms in total. The lowest BCUT2D eigenvalue weighted by molar-refractivity contribution is -0.140. The summed E-state index contributed by atoms with van der Waals surface area (Å²) in [6.07, 6.45) is 0.456. The number of hydrogen-bond acceptors (Lipinski definition) is 3. The smallest absolute Gasteiger partial charge is 0.243 e. The Labute approximate surface area is 228 Å². The van der Waals surface area contributed by atoms with Crippen LogP contribution in [-0.4, -0.2) is 34.0 Å². The summed E-state index contributed by atoms with van der Waals surface area (Å²) in [6.45, 7) is 8.31. The number of rotatable bonds is 10. The predicted octanol–water partition coefficient (Wildman–Crippen LogP) is 6.55. The third kappa shape index (κ3) is 9.14. The average Bonchev–Trinajstić information content (AvgIpc) is 2.82. The van der Waals surface area contributed by atoms with E-state index in [-0.39, 0.29) is 11.8 Å². The van der Waals surface area contributed by atoms with Gasteiger partial charge in [-0.05, 0) is 56.5 Å². The van der Waals surface area contributed by atoms with E-state index in [1.165, 1.54) is 0 Å². The molecule has 0 fully saturated rings. The Hall–Kier alpha value is -2.57. The van der Waals surface area contributed by atoms with Crippen LogP contribution in [0.15, 0.2) is 83.3 Å². The van der Waals surface area contributed by atoms with E-state index in [9.17, 15) is 9.59 Å². The molecular weight excluding hydrogens is 532 g/mol. The number of nitrogens with one attached hydrogen (secondary N) is 1. The highest BCUT2D eigenvalue weighted by Crippen LogP contribution is 2.20. The quantitative estimate of drug-likeness (QED) is 0.303. The highest BCUT2D eigenvalue weighted by Gasteiger charge is 2.32. The van der Waals surface area contributed by atoms with Gasteiger partial charge >= 0.3 is 0 Å². The van der Waals surface area contributed by atoms with Crippen LogP contribution in [0.25, 0.3) is 0 Å². The van der Waals surface area contributed by atoms with Crippen molar-refractivity contribution in [3.8, 4) is 0 Å². The van der Waals surface area contributed by atoms with Gasteiger partial charge in [-0.1, -0.05) is 88.2 Å². The van der Waals surface area contributed by atoms with Crippen LogP contribution >= 0.6 is 27.7 Å².